The van der Waals surface area contributed by atoms with Gasteiger partial charge < -0.3 is 15.6 Å². The molecule has 1 saturated heterocycles. The summed E-state index contributed by atoms with van der Waals surface area (Å²) in [5.41, 5.74) is 5.27. The summed E-state index contributed by atoms with van der Waals surface area (Å²) < 4.78 is 5.21. The number of carbonyl (C=O) groups excluding carboxylic acids is 1. The molecule has 0 radical (unpaired) electrons. The smallest absolute Gasteiger partial charge is 0.411 e. The van der Waals surface area contributed by atoms with Gasteiger partial charge in [0.25, 0.3) is 0 Å². The Bertz CT molecular complexity index is 237. The normalized spacial score (nSPS) is 26.9. The van der Waals surface area contributed by atoms with Gasteiger partial charge in [0.1, 0.15) is 5.60 Å². The van der Waals surface area contributed by atoms with Gasteiger partial charge in [-0.15, -0.1) is 0 Å². The number of rotatable bonds is 1. The summed E-state index contributed by atoms with van der Waals surface area (Å²) in [6.45, 7) is 5.99. The number of hydrogen-bond donors (Lipinski definition) is 2. The molecule has 1 amide bonds. The lowest BCUT2D eigenvalue weighted by Crippen LogP contribution is -2.43. The summed E-state index contributed by atoms with van der Waals surface area (Å²) in [4.78, 5) is 13.2. The van der Waals surface area contributed by atoms with E-state index >= 15 is 0 Å². The van der Waals surface area contributed by atoms with Crippen LogP contribution in [-0.2, 0) is 4.74 Å². The van der Waals surface area contributed by atoms with Gasteiger partial charge in [0.05, 0.1) is 6.17 Å². The van der Waals surface area contributed by atoms with Crippen LogP contribution in [0.25, 0.3) is 0 Å². The summed E-state index contributed by atoms with van der Waals surface area (Å²) in [5.74, 6) is 0.0764. The molecule has 15 heavy (non-hydrogen) atoms. The molecule has 0 bridgehead atoms. The fourth-order valence-corrected chi connectivity index (χ4v) is 1.62. The van der Waals surface area contributed by atoms with E-state index < -0.39 is 11.7 Å². The SMILES string of the molecule is CC(C)(C)OC(=O)N1CC(CO)CC1N. The summed E-state index contributed by atoms with van der Waals surface area (Å²) in [6.07, 6.45) is -0.0987. The van der Waals surface area contributed by atoms with E-state index in [1.165, 1.54) is 4.90 Å². The van der Waals surface area contributed by atoms with Gasteiger partial charge in [0, 0.05) is 19.1 Å². The van der Waals surface area contributed by atoms with Gasteiger partial charge in [-0.3, -0.25) is 4.90 Å². The number of aliphatic hydroxyl groups excluding tert-OH is 1. The molecule has 1 fully saturated rings. The maximum Gasteiger partial charge on any atom is 0.411 e. The highest BCUT2D eigenvalue weighted by atomic mass is 16.6. The second-order valence-electron chi connectivity index (χ2n) is 4.98. The van der Waals surface area contributed by atoms with Gasteiger partial charge in [0.2, 0.25) is 0 Å². The molecule has 5 heteroatoms. The molecule has 1 rings (SSSR count). The average molecular weight is 216 g/mol. The lowest BCUT2D eigenvalue weighted by Gasteiger charge is -2.26. The number of amides is 1. The number of nitrogens with zero attached hydrogens (tertiary/aromatic N) is 1. The summed E-state index contributed by atoms with van der Waals surface area (Å²) in [5, 5.41) is 8.98. The van der Waals surface area contributed by atoms with Gasteiger partial charge >= 0.3 is 6.09 Å². The highest BCUT2D eigenvalue weighted by Gasteiger charge is 2.34. The third-order valence-electron chi connectivity index (χ3n) is 2.32. The highest BCUT2D eigenvalue weighted by molar-refractivity contribution is 5.68. The molecule has 0 aromatic rings. The molecular formula is C10H20N2O3. The molecule has 5 nitrogen and oxygen atoms in total. The Balaban J connectivity index is 2.54. The molecule has 3 N–H and O–H groups in total. The van der Waals surface area contributed by atoms with Gasteiger partial charge in [0.15, 0.2) is 0 Å². The Morgan fingerprint density at radius 3 is 2.60 bits per heavy atom. The van der Waals surface area contributed by atoms with Crippen molar-refractivity contribution in [3.05, 3.63) is 0 Å². The Hall–Kier alpha value is -0.810. The van der Waals surface area contributed by atoms with Gasteiger partial charge in [-0.05, 0) is 27.2 Å². The second-order valence-corrected chi connectivity index (χ2v) is 4.98. The molecule has 0 aliphatic carbocycles. The van der Waals surface area contributed by atoms with Crippen LogP contribution in [0, 0.1) is 5.92 Å². The topological polar surface area (TPSA) is 75.8 Å². The molecule has 0 aromatic heterocycles. The second kappa shape index (κ2) is 4.37. The van der Waals surface area contributed by atoms with Crippen LogP contribution >= 0.6 is 0 Å². The first-order valence-electron chi connectivity index (χ1n) is 5.19. The van der Waals surface area contributed by atoms with Crippen LogP contribution < -0.4 is 5.73 Å². The van der Waals surface area contributed by atoms with Crippen molar-refractivity contribution in [2.75, 3.05) is 13.2 Å². The Kier molecular flexibility index (Phi) is 3.57. The molecular weight excluding hydrogens is 196 g/mol. The fourth-order valence-electron chi connectivity index (χ4n) is 1.62. The average Bonchev–Trinajstić information content (AvgIpc) is 2.43. The summed E-state index contributed by atoms with van der Waals surface area (Å²) in [6, 6.07) is 0. The van der Waals surface area contributed by atoms with Gasteiger partial charge in [-0.25, -0.2) is 4.79 Å². The Morgan fingerprint density at radius 2 is 2.20 bits per heavy atom. The maximum atomic E-state index is 11.7. The van der Waals surface area contributed by atoms with E-state index in [0.717, 1.165) is 0 Å². The summed E-state index contributed by atoms with van der Waals surface area (Å²) >= 11 is 0. The summed E-state index contributed by atoms with van der Waals surface area (Å²) in [7, 11) is 0. The van der Waals surface area contributed by atoms with E-state index in [1.54, 1.807) is 0 Å². The molecule has 0 spiro atoms. The van der Waals surface area contributed by atoms with Crippen molar-refractivity contribution in [3.63, 3.8) is 0 Å². The highest BCUT2D eigenvalue weighted by Crippen LogP contribution is 2.22. The van der Waals surface area contributed by atoms with Crippen molar-refractivity contribution in [2.24, 2.45) is 11.7 Å². The van der Waals surface area contributed by atoms with Crippen molar-refractivity contribution in [1.82, 2.24) is 4.90 Å². The van der Waals surface area contributed by atoms with E-state index in [2.05, 4.69) is 0 Å². The predicted molar refractivity (Wildman–Crippen MR) is 56.1 cm³/mol. The van der Waals surface area contributed by atoms with Crippen molar-refractivity contribution in [2.45, 2.75) is 39.0 Å². The molecule has 2 atom stereocenters. The van der Waals surface area contributed by atoms with E-state index in [0.29, 0.717) is 13.0 Å². The minimum absolute atomic E-state index is 0.0625. The van der Waals surface area contributed by atoms with Crippen LogP contribution in [0.1, 0.15) is 27.2 Å². The Morgan fingerprint density at radius 1 is 1.60 bits per heavy atom. The molecule has 0 saturated carbocycles. The van der Waals surface area contributed by atoms with Crippen molar-refractivity contribution in [3.8, 4) is 0 Å². The van der Waals surface area contributed by atoms with Crippen LogP contribution in [0.4, 0.5) is 4.79 Å². The van der Waals surface area contributed by atoms with Crippen LogP contribution in [0.5, 0.6) is 0 Å². The lowest BCUT2D eigenvalue weighted by atomic mass is 10.1. The van der Waals surface area contributed by atoms with Crippen molar-refractivity contribution in [1.29, 1.82) is 0 Å². The van der Waals surface area contributed by atoms with Crippen molar-refractivity contribution >= 4 is 6.09 Å². The predicted octanol–water partition coefficient (Wildman–Crippen LogP) is 0.521. The standard InChI is InChI=1S/C10H20N2O3/c1-10(2,3)15-9(14)12-5-7(6-13)4-8(12)11/h7-8,13H,4-6,11H2,1-3H3. The van der Waals surface area contributed by atoms with Crippen molar-refractivity contribution < 1.29 is 14.6 Å². The molecule has 1 aliphatic heterocycles. The molecule has 1 aliphatic rings. The first kappa shape index (κ1) is 12.3. The number of carbonyl (C=O) groups is 1. The zero-order chi connectivity index (χ0) is 11.6. The number of likely N-dealkylation sites (tertiary alicyclic amines) is 1. The number of aliphatic hydroxyl groups is 1. The third kappa shape index (κ3) is 3.35. The minimum Gasteiger partial charge on any atom is -0.444 e. The molecule has 1 heterocycles. The van der Waals surface area contributed by atoms with E-state index in [-0.39, 0.29) is 18.7 Å². The largest absolute Gasteiger partial charge is 0.444 e. The fraction of sp³-hybridized carbons (Fsp3) is 0.900. The zero-order valence-electron chi connectivity index (χ0n) is 9.56. The minimum atomic E-state index is -0.506. The molecule has 88 valence electrons. The van der Waals surface area contributed by atoms with Crippen LogP contribution in [0.3, 0.4) is 0 Å². The monoisotopic (exact) mass is 216 g/mol. The maximum absolute atomic E-state index is 11.7. The van der Waals surface area contributed by atoms with Crippen LogP contribution in [0.15, 0.2) is 0 Å². The molecule has 0 aromatic carbocycles. The first-order chi connectivity index (χ1) is 6.83. The van der Waals surface area contributed by atoms with Crippen LogP contribution in [-0.4, -0.2) is 41.0 Å². The third-order valence-corrected chi connectivity index (χ3v) is 2.32. The van der Waals surface area contributed by atoms with E-state index in [1.807, 2.05) is 20.8 Å². The first-order valence-corrected chi connectivity index (χ1v) is 5.19. The van der Waals surface area contributed by atoms with Gasteiger partial charge in [-0.2, -0.15) is 0 Å². The lowest BCUT2D eigenvalue weighted by molar-refractivity contribution is 0.0223. The van der Waals surface area contributed by atoms with E-state index in [4.69, 9.17) is 15.6 Å². The zero-order valence-corrected chi connectivity index (χ0v) is 9.56. The van der Waals surface area contributed by atoms with Gasteiger partial charge in [-0.1, -0.05) is 0 Å². The molecule has 2 unspecified atom stereocenters. The number of ether oxygens (including phenoxy) is 1. The number of nitrogens with two attached hydrogens (primary N) is 1. The van der Waals surface area contributed by atoms with E-state index in [9.17, 15) is 4.79 Å². The number of hydrogen-bond acceptors (Lipinski definition) is 4. The van der Waals surface area contributed by atoms with Crippen LogP contribution in [0.2, 0.25) is 0 Å². The quantitative estimate of drug-likeness (QED) is 0.670. The Labute approximate surface area is 90.2 Å².